The third-order valence-corrected chi connectivity index (χ3v) is 4.92. The highest BCUT2D eigenvalue weighted by molar-refractivity contribution is 7.99. The molecule has 146 valence electrons. The standard InChI is InChI=1S/C20H18F3N3OS/c1-12(2)10-26-19(14-5-3-4-6-15(14)21)24-25-20(26)28-11-18(27)13-7-8-16(22)17(23)9-13/h3-9,12H,10-11H2,1-2H3. The number of nitrogens with zero attached hydrogens (tertiary/aromatic N) is 3. The Kier molecular flexibility index (Phi) is 6.18. The number of ketones is 1. The number of thioether (sulfide) groups is 1. The van der Waals surface area contributed by atoms with E-state index in [0.29, 0.717) is 23.1 Å². The van der Waals surface area contributed by atoms with Crippen LogP contribution in [0.2, 0.25) is 0 Å². The van der Waals surface area contributed by atoms with E-state index in [1.54, 1.807) is 22.8 Å². The van der Waals surface area contributed by atoms with Crippen LogP contribution in [0.25, 0.3) is 11.4 Å². The SMILES string of the molecule is CC(C)Cn1c(SCC(=O)c2ccc(F)c(F)c2)nnc1-c1ccccc1F. The van der Waals surface area contributed by atoms with Crippen LogP contribution in [0.3, 0.4) is 0 Å². The predicted octanol–water partition coefficient (Wildman–Crippen LogP) is 4.99. The van der Waals surface area contributed by atoms with E-state index in [1.165, 1.54) is 12.1 Å². The normalized spacial score (nSPS) is 11.2. The molecule has 0 aliphatic heterocycles. The maximum atomic E-state index is 14.2. The van der Waals surface area contributed by atoms with Gasteiger partial charge in [-0.3, -0.25) is 4.79 Å². The van der Waals surface area contributed by atoms with Crippen LogP contribution >= 0.6 is 11.8 Å². The summed E-state index contributed by atoms with van der Waals surface area (Å²) in [5.74, 6) is -2.25. The van der Waals surface area contributed by atoms with Crippen molar-refractivity contribution in [1.29, 1.82) is 0 Å². The zero-order valence-electron chi connectivity index (χ0n) is 15.3. The van der Waals surface area contributed by atoms with E-state index in [-0.39, 0.29) is 23.0 Å². The van der Waals surface area contributed by atoms with Crippen LogP contribution in [-0.4, -0.2) is 26.3 Å². The summed E-state index contributed by atoms with van der Waals surface area (Å²) < 4.78 is 42.4. The summed E-state index contributed by atoms with van der Waals surface area (Å²) in [6.07, 6.45) is 0. The molecule has 0 fully saturated rings. The molecule has 2 aromatic carbocycles. The lowest BCUT2D eigenvalue weighted by Crippen LogP contribution is -2.10. The Bertz CT molecular complexity index is 1000. The minimum absolute atomic E-state index is 0.0292. The molecule has 0 saturated heterocycles. The number of Topliss-reactive ketones (excluding diaryl/α,β-unsaturated/α-hetero) is 1. The lowest BCUT2D eigenvalue weighted by atomic mass is 10.1. The van der Waals surface area contributed by atoms with Gasteiger partial charge in [0.25, 0.3) is 0 Å². The van der Waals surface area contributed by atoms with E-state index in [9.17, 15) is 18.0 Å². The molecule has 4 nitrogen and oxygen atoms in total. The Morgan fingerprint density at radius 1 is 1.04 bits per heavy atom. The summed E-state index contributed by atoms with van der Waals surface area (Å²) in [7, 11) is 0. The second-order valence-corrected chi connectivity index (χ2v) is 7.57. The summed E-state index contributed by atoms with van der Waals surface area (Å²) >= 11 is 1.12. The third-order valence-electron chi connectivity index (χ3n) is 3.95. The van der Waals surface area contributed by atoms with Crippen LogP contribution in [0.4, 0.5) is 13.2 Å². The van der Waals surface area contributed by atoms with Crippen LogP contribution in [0.5, 0.6) is 0 Å². The highest BCUT2D eigenvalue weighted by Crippen LogP contribution is 2.27. The molecule has 0 amide bonds. The first kappa shape index (κ1) is 20.1. The lowest BCUT2D eigenvalue weighted by molar-refractivity contribution is 0.102. The number of carbonyl (C=O) groups is 1. The number of rotatable bonds is 7. The first-order chi connectivity index (χ1) is 13.4. The fourth-order valence-electron chi connectivity index (χ4n) is 2.65. The molecule has 8 heteroatoms. The largest absolute Gasteiger partial charge is 0.302 e. The fraction of sp³-hybridized carbons (Fsp3) is 0.250. The van der Waals surface area contributed by atoms with Gasteiger partial charge in [0, 0.05) is 12.1 Å². The average molecular weight is 405 g/mol. The van der Waals surface area contributed by atoms with Crippen molar-refractivity contribution in [1.82, 2.24) is 14.8 Å². The molecule has 0 unspecified atom stereocenters. The number of hydrogen-bond acceptors (Lipinski definition) is 4. The monoisotopic (exact) mass is 405 g/mol. The highest BCUT2D eigenvalue weighted by Gasteiger charge is 2.19. The van der Waals surface area contributed by atoms with Crippen molar-refractivity contribution >= 4 is 17.5 Å². The molecule has 0 N–H and O–H groups in total. The van der Waals surface area contributed by atoms with Gasteiger partial charge in [-0.25, -0.2) is 13.2 Å². The molecule has 1 aromatic heterocycles. The van der Waals surface area contributed by atoms with E-state index >= 15 is 0 Å². The molecule has 0 spiro atoms. The quantitative estimate of drug-likeness (QED) is 0.410. The first-order valence-corrected chi connectivity index (χ1v) is 9.64. The first-order valence-electron chi connectivity index (χ1n) is 8.66. The Balaban J connectivity index is 1.84. The van der Waals surface area contributed by atoms with Crippen molar-refractivity contribution in [2.45, 2.75) is 25.5 Å². The summed E-state index contributed by atoms with van der Waals surface area (Å²) in [5.41, 5.74) is 0.407. The Hall–Kier alpha value is -2.61. The minimum atomic E-state index is -1.07. The molecular weight excluding hydrogens is 387 g/mol. The van der Waals surface area contributed by atoms with Crippen molar-refractivity contribution in [3.05, 3.63) is 65.5 Å². The molecule has 0 radical (unpaired) electrons. The maximum Gasteiger partial charge on any atom is 0.191 e. The fourth-order valence-corrected chi connectivity index (χ4v) is 3.49. The van der Waals surface area contributed by atoms with Crippen LogP contribution in [0.1, 0.15) is 24.2 Å². The van der Waals surface area contributed by atoms with Gasteiger partial charge in [-0.2, -0.15) is 0 Å². The van der Waals surface area contributed by atoms with Gasteiger partial charge >= 0.3 is 0 Å². The van der Waals surface area contributed by atoms with E-state index in [0.717, 1.165) is 23.9 Å². The van der Waals surface area contributed by atoms with E-state index in [1.807, 2.05) is 13.8 Å². The molecular formula is C20H18F3N3OS. The van der Waals surface area contributed by atoms with Crippen molar-refractivity contribution in [2.75, 3.05) is 5.75 Å². The smallest absolute Gasteiger partial charge is 0.191 e. The van der Waals surface area contributed by atoms with Gasteiger partial charge < -0.3 is 4.57 Å². The minimum Gasteiger partial charge on any atom is -0.302 e. The number of carbonyl (C=O) groups excluding carboxylic acids is 1. The molecule has 0 atom stereocenters. The van der Waals surface area contributed by atoms with E-state index in [2.05, 4.69) is 10.2 Å². The second kappa shape index (κ2) is 8.60. The molecule has 0 aliphatic rings. The highest BCUT2D eigenvalue weighted by atomic mass is 32.2. The van der Waals surface area contributed by atoms with Crippen molar-refractivity contribution in [3.8, 4) is 11.4 Å². The van der Waals surface area contributed by atoms with Crippen molar-refractivity contribution < 1.29 is 18.0 Å². The van der Waals surface area contributed by atoms with E-state index < -0.39 is 17.5 Å². The Morgan fingerprint density at radius 2 is 1.79 bits per heavy atom. The summed E-state index contributed by atoms with van der Waals surface area (Å²) in [6.45, 7) is 4.55. The van der Waals surface area contributed by atoms with Gasteiger partial charge in [-0.15, -0.1) is 10.2 Å². The van der Waals surface area contributed by atoms with Gasteiger partial charge in [0.2, 0.25) is 0 Å². The van der Waals surface area contributed by atoms with Crippen molar-refractivity contribution in [3.63, 3.8) is 0 Å². The van der Waals surface area contributed by atoms with Crippen LogP contribution in [-0.2, 0) is 6.54 Å². The number of halogens is 3. The van der Waals surface area contributed by atoms with Gasteiger partial charge in [-0.05, 0) is 36.2 Å². The molecule has 0 bridgehead atoms. The topological polar surface area (TPSA) is 47.8 Å². The van der Waals surface area contributed by atoms with E-state index in [4.69, 9.17) is 0 Å². The number of aromatic nitrogens is 3. The molecule has 3 aromatic rings. The van der Waals surface area contributed by atoms with Crippen LogP contribution < -0.4 is 0 Å². The van der Waals surface area contributed by atoms with Crippen molar-refractivity contribution in [2.24, 2.45) is 5.92 Å². The molecule has 1 heterocycles. The zero-order valence-corrected chi connectivity index (χ0v) is 16.1. The Morgan fingerprint density at radius 3 is 2.46 bits per heavy atom. The molecule has 28 heavy (non-hydrogen) atoms. The lowest BCUT2D eigenvalue weighted by Gasteiger charge is -2.12. The molecule has 0 saturated carbocycles. The van der Waals surface area contributed by atoms with Crippen LogP contribution in [0, 0.1) is 23.4 Å². The second-order valence-electron chi connectivity index (χ2n) is 6.63. The maximum absolute atomic E-state index is 14.2. The van der Waals surface area contributed by atoms with Gasteiger partial charge in [0.15, 0.2) is 28.4 Å². The van der Waals surface area contributed by atoms with Gasteiger partial charge in [0.05, 0.1) is 11.3 Å². The molecule has 3 rings (SSSR count). The third kappa shape index (κ3) is 4.44. The van der Waals surface area contributed by atoms with Gasteiger partial charge in [-0.1, -0.05) is 37.7 Å². The van der Waals surface area contributed by atoms with Crippen LogP contribution in [0.15, 0.2) is 47.6 Å². The molecule has 0 aliphatic carbocycles. The number of hydrogen-bond donors (Lipinski definition) is 0. The van der Waals surface area contributed by atoms with Gasteiger partial charge in [0.1, 0.15) is 5.82 Å². The summed E-state index contributed by atoms with van der Waals surface area (Å²) in [4.78, 5) is 12.3. The zero-order chi connectivity index (χ0) is 20.3. The average Bonchev–Trinajstić information content (AvgIpc) is 3.04. The summed E-state index contributed by atoms with van der Waals surface area (Å²) in [5, 5.41) is 8.68. The predicted molar refractivity (Wildman–Crippen MR) is 102 cm³/mol. The Labute approximate surface area is 164 Å². The number of benzene rings is 2. The summed E-state index contributed by atoms with van der Waals surface area (Å²) in [6, 6.07) is 9.32.